The molecule has 1 N–H and O–H groups in total. The van der Waals surface area contributed by atoms with Crippen molar-refractivity contribution in [1.29, 1.82) is 0 Å². The molecule has 5 heteroatoms. The Kier molecular flexibility index (Phi) is 2.52. The van der Waals surface area contributed by atoms with Gasteiger partial charge in [0.1, 0.15) is 5.75 Å². The van der Waals surface area contributed by atoms with E-state index >= 15 is 0 Å². The smallest absolute Gasteiger partial charge is 0.264 e. The van der Waals surface area contributed by atoms with Crippen LogP contribution in [-0.4, -0.2) is 33.7 Å². The van der Waals surface area contributed by atoms with Gasteiger partial charge in [0, 0.05) is 37.2 Å². The van der Waals surface area contributed by atoms with Crippen molar-refractivity contribution < 1.29 is 9.53 Å². The van der Waals surface area contributed by atoms with Gasteiger partial charge in [0.15, 0.2) is 6.10 Å². The number of aromatic nitrogens is 2. The van der Waals surface area contributed by atoms with E-state index in [0.717, 1.165) is 35.5 Å². The van der Waals surface area contributed by atoms with Crippen molar-refractivity contribution in [3.8, 4) is 5.75 Å². The summed E-state index contributed by atoms with van der Waals surface area (Å²) in [6.45, 7) is 1.35. The van der Waals surface area contributed by atoms with Gasteiger partial charge in [0.25, 0.3) is 5.91 Å². The molecule has 0 saturated heterocycles. The lowest BCUT2D eigenvalue weighted by Crippen LogP contribution is -2.43. The van der Waals surface area contributed by atoms with Crippen LogP contribution in [0.1, 0.15) is 16.8 Å². The molecule has 1 aromatic heterocycles. The summed E-state index contributed by atoms with van der Waals surface area (Å²) >= 11 is 0. The van der Waals surface area contributed by atoms with Crippen molar-refractivity contribution in [3.63, 3.8) is 0 Å². The largest absolute Gasteiger partial charge is 0.480 e. The highest BCUT2D eigenvalue weighted by atomic mass is 16.5. The molecule has 1 aromatic carbocycles. The topological polar surface area (TPSA) is 58.2 Å². The van der Waals surface area contributed by atoms with Gasteiger partial charge in [-0.3, -0.25) is 9.89 Å². The van der Waals surface area contributed by atoms with Gasteiger partial charge in [-0.15, -0.1) is 0 Å². The Morgan fingerprint density at radius 2 is 2.25 bits per heavy atom. The number of hydrogen-bond donors (Lipinski definition) is 1. The van der Waals surface area contributed by atoms with Gasteiger partial charge in [0.2, 0.25) is 0 Å². The molecule has 2 aliphatic rings. The molecule has 4 rings (SSSR count). The molecule has 3 heterocycles. The summed E-state index contributed by atoms with van der Waals surface area (Å²) in [4.78, 5) is 14.4. The van der Waals surface area contributed by atoms with Crippen LogP contribution < -0.4 is 4.74 Å². The highest BCUT2D eigenvalue weighted by Gasteiger charge is 2.33. The molecule has 0 radical (unpaired) electrons. The van der Waals surface area contributed by atoms with Gasteiger partial charge in [0.05, 0.1) is 6.20 Å². The van der Waals surface area contributed by atoms with Crippen LogP contribution in [0.15, 0.2) is 30.5 Å². The summed E-state index contributed by atoms with van der Waals surface area (Å²) in [7, 11) is 0. The third kappa shape index (κ3) is 1.78. The predicted molar refractivity (Wildman–Crippen MR) is 72.3 cm³/mol. The number of para-hydroxylation sites is 1. The van der Waals surface area contributed by atoms with E-state index in [1.807, 2.05) is 29.2 Å². The first-order chi connectivity index (χ1) is 9.81. The number of nitrogens with zero attached hydrogens (tertiary/aromatic N) is 2. The number of carbonyl (C=O) groups excluding carboxylic acids is 1. The Hall–Kier alpha value is -2.30. The van der Waals surface area contributed by atoms with Crippen molar-refractivity contribution in [2.75, 3.05) is 6.54 Å². The van der Waals surface area contributed by atoms with E-state index in [0.29, 0.717) is 13.0 Å². The molecule has 5 nitrogen and oxygen atoms in total. The third-order valence-electron chi connectivity index (χ3n) is 4.03. The minimum Gasteiger partial charge on any atom is -0.480 e. The number of hydrogen-bond acceptors (Lipinski definition) is 3. The Labute approximate surface area is 116 Å². The Bertz CT molecular complexity index is 636. The second-order valence-electron chi connectivity index (χ2n) is 5.30. The first-order valence-electron chi connectivity index (χ1n) is 6.86. The van der Waals surface area contributed by atoms with Crippen molar-refractivity contribution >= 4 is 5.91 Å². The zero-order valence-corrected chi connectivity index (χ0v) is 11.0. The van der Waals surface area contributed by atoms with Crippen LogP contribution in [-0.2, 0) is 24.2 Å². The minimum atomic E-state index is -0.374. The molecule has 0 saturated carbocycles. The van der Waals surface area contributed by atoms with Crippen molar-refractivity contribution in [2.24, 2.45) is 0 Å². The van der Waals surface area contributed by atoms with Gasteiger partial charge < -0.3 is 9.64 Å². The number of H-pyrrole nitrogens is 1. The molecule has 0 spiro atoms. The van der Waals surface area contributed by atoms with Crippen LogP contribution in [0.25, 0.3) is 0 Å². The van der Waals surface area contributed by atoms with E-state index in [-0.39, 0.29) is 12.0 Å². The Morgan fingerprint density at radius 1 is 1.35 bits per heavy atom. The maximum atomic E-state index is 12.6. The SMILES string of the molecule is O=C([C@@H]1Cc2ccccc2O1)N1CCc2[nH]ncc2C1. The first-order valence-corrected chi connectivity index (χ1v) is 6.86. The summed E-state index contributed by atoms with van der Waals surface area (Å²) in [6.07, 6.45) is 2.93. The predicted octanol–water partition coefficient (Wildman–Crippen LogP) is 1.30. The van der Waals surface area contributed by atoms with Crippen LogP contribution in [0.3, 0.4) is 0 Å². The molecule has 2 aliphatic heterocycles. The number of amides is 1. The van der Waals surface area contributed by atoms with Gasteiger partial charge >= 0.3 is 0 Å². The van der Waals surface area contributed by atoms with E-state index in [1.165, 1.54) is 0 Å². The van der Waals surface area contributed by atoms with E-state index in [9.17, 15) is 4.79 Å². The van der Waals surface area contributed by atoms with Crippen LogP contribution in [0.4, 0.5) is 0 Å². The molecule has 1 atom stereocenters. The molecule has 20 heavy (non-hydrogen) atoms. The lowest BCUT2D eigenvalue weighted by atomic mass is 10.1. The minimum absolute atomic E-state index is 0.0769. The quantitative estimate of drug-likeness (QED) is 0.849. The lowest BCUT2D eigenvalue weighted by molar-refractivity contribution is -0.138. The lowest BCUT2D eigenvalue weighted by Gasteiger charge is -2.28. The third-order valence-corrected chi connectivity index (χ3v) is 4.03. The van der Waals surface area contributed by atoms with E-state index in [1.54, 1.807) is 6.20 Å². The average Bonchev–Trinajstić information content (AvgIpc) is 3.11. The number of ether oxygens (including phenoxy) is 1. The Balaban J connectivity index is 1.50. The molecule has 0 bridgehead atoms. The van der Waals surface area contributed by atoms with Crippen LogP contribution in [0.5, 0.6) is 5.75 Å². The van der Waals surface area contributed by atoms with Crippen molar-refractivity contribution in [2.45, 2.75) is 25.5 Å². The van der Waals surface area contributed by atoms with Crippen LogP contribution in [0.2, 0.25) is 0 Å². The van der Waals surface area contributed by atoms with E-state index in [2.05, 4.69) is 10.2 Å². The van der Waals surface area contributed by atoms with Gasteiger partial charge in [-0.05, 0) is 11.6 Å². The molecule has 0 unspecified atom stereocenters. The Morgan fingerprint density at radius 3 is 3.15 bits per heavy atom. The number of fused-ring (bicyclic) bond motifs is 2. The first kappa shape index (κ1) is 11.5. The molecule has 0 fully saturated rings. The second-order valence-corrected chi connectivity index (χ2v) is 5.30. The standard InChI is InChI=1S/C15H15N3O2/c19-15(14-7-10-3-1-2-4-13(10)20-14)18-6-5-12-11(9-18)8-16-17-12/h1-4,8,14H,5-7,9H2,(H,16,17)/t14-/m0/s1. The fraction of sp³-hybridized carbons (Fsp3) is 0.333. The molecule has 2 aromatic rings. The molecule has 102 valence electrons. The van der Waals surface area contributed by atoms with E-state index < -0.39 is 0 Å². The molecular weight excluding hydrogens is 254 g/mol. The average molecular weight is 269 g/mol. The number of aromatic amines is 1. The van der Waals surface area contributed by atoms with Gasteiger partial charge in [-0.25, -0.2) is 0 Å². The van der Waals surface area contributed by atoms with Crippen LogP contribution >= 0.6 is 0 Å². The summed E-state index contributed by atoms with van der Waals surface area (Å²) in [5.74, 6) is 0.917. The molecule has 1 amide bonds. The van der Waals surface area contributed by atoms with E-state index in [4.69, 9.17) is 4.74 Å². The van der Waals surface area contributed by atoms with Gasteiger partial charge in [-0.2, -0.15) is 5.10 Å². The van der Waals surface area contributed by atoms with Gasteiger partial charge in [-0.1, -0.05) is 18.2 Å². The summed E-state index contributed by atoms with van der Waals surface area (Å²) < 4.78 is 5.78. The normalized spacial score (nSPS) is 20.2. The highest BCUT2D eigenvalue weighted by Crippen LogP contribution is 2.29. The van der Waals surface area contributed by atoms with Crippen molar-refractivity contribution in [3.05, 3.63) is 47.3 Å². The summed E-state index contributed by atoms with van der Waals surface area (Å²) in [6, 6.07) is 7.86. The maximum absolute atomic E-state index is 12.6. The number of nitrogens with one attached hydrogen (secondary N) is 1. The number of rotatable bonds is 1. The molecular formula is C15H15N3O2. The maximum Gasteiger partial charge on any atom is 0.264 e. The second kappa shape index (κ2) is 4.37. The highest BCUT2D eigenvalue weighted by molar-refractivity contribution is 5.82. The number of carbonyl (C=O) groups is 1. The fourth-order valence-electron chi connectivity index (χ4n) is 2.93. The summed E-state index contributed by atoms with van der Waals surface area (Å²) in [5, 5.41) is 7.01. The fourth-order valence-corrected chi connectivity index (χ4v) is 2.93. The summed E-state index contributed by atoms with van der Waals surface area (Å²) in [5.41, 5.74) is 3.37. The number of benzene rings is 1. The van der Waals surface area contributed by atoms with Crippen molar-refractivity contribution in [1.82, 2.24) is 15.1 Å². The monoisotopic (exact) mass is 269 g/mol. The molecule has 0 aliphatic carbocycles. The zero-order valence-electron chi connectivity index (χ0n) is 11.0. The van der Waals surface area contributed by atoms with Crippen LogP contribution in [0, 0.1) is 0 Å². The zero-order chi connectivity index (χ0) is 13.5.